The molecular formula is C27H35ClN4O4S. The highest BCUT2D eigenvalue weighted by Crippen LogP contribution is 2.53. The third-order valence-corrected chi connectivity index (χ3v) is 9.25. The molecule has 2 aromatic rings. The molecule has 0 radical (unpaired) electrons. The third kappa shape index (κ3) is 4.75. The fourth-order valence-corrected chi connectivity index (χ4v) is 6.41. The molecule has 0 bridgehead atoms. The maximum Gasteiger partial charge on any atom is 0.254 e. The number of hydrogen-bond donors (Lipinski definition) is 2. The van der Waals surface area contributed by atoms with E-state index < -0.39 is 5.79 Å². The molecule has 3 heterocycles. The minimum atomic E-state index is -0.809. The van der Waals surface area contributed by atoms with Gasteiger partial charge in [-0.05, 0) is 59.2 Å². The van der Waals surface area contributed by atoms with Crippen LogP contribution in [0.4, 0.5) is 0 Å². The highest BCUT2D eigenvalue weighted by atomic mass is 35.5. The quantitative estimate of drug-likeness (QED) is 0.511. The van der Waals surface area contributed by atoms with Gasteiger partial charge < -0.3 is 24.7 Å². The van der Waals surface area contributed by atoms with Crippen molar-refractivity contribution in [2.24, 2.45) is 5.92 Å². The van der Waals surface area contributed by atoms with E-state index in [1.807, 2.05) is 33.1 Å². The second-order valence-electron chi connectivity index (χ2n) is 10.8. The summed E-state index contributed by atoms with van der Waals surface area (Å²) in [6, 6.07) is 4.73. The topological polar surface area (TPSA) is 86.9 Å². The number of nitrogens with one attached hydrogen (secondary N) is 2. The molecule has 1 saturated carbocycles. The fraction of sp³-hybridized carbons (Fsp3) is 0.556. The van der Waals surface area contributed by atoms with Crippen molar-refractivity contribution in [2.45, 2.75) is 62.9 Å². The zero-order valence-corrected chi connectivity index (χ0v) is 23.8. The SMILES string of the molecule is CSc1cc(C)[nH]c(=O)c1CNC(=O)c1cc(Cl)c2c(c1C)OC(C)(C1CC(N3CC(N(C)C)C3)C1)O2. The Kier molecular flexibility index (Phi) is 7.02. The van der Waals surface area contributed by atoms with Gasteiger partial charge in [0.25, 0.3) is 17.3 Å². The molecule has 0 spiro atoms. The second kappa shape index (κ2) is 9.84. The lowest BCUT2D eigenvalue weighted by atomic mass is 9.73. The lowest BCUT2D eigenvalue weighted by Crippen LogP contribution is -2.65. The lowest BCUT2D eigenvalue weighted by molar-refractivity contribution is -0.160. The Morgan fingerprint density at radius 2 is 1.92 bits per heavy atom. The van der Waals surface area contributed by atoms with E-state index in [1.54, 1.807) is 6.07 Å². The average molecular weight is 547 g/mol. The Morgan fingerprint density at radius 3 is 2.57 bits per heavy atom. The number of aromatic nitrogens is 1. The predicted octanol–water partition coefficient (Wildman–Crippen LogP) is 3.81. The summed E-state index contributed by atoms with van der Waals surface area (Å²) in [4.78, 5) is 34.1. The molecule has 37 heavy (non-hydrogen) atoms. The molecule has 5 rings (SSSR count). The van der Waals surface area contributed by atoms with E-state index in [0.717, 1.165) is 36.5 Å². The number of thioether (sulfide) groups is 1. The van der Waals surface area contributed by atoms with Gasteiger partial charge in [-0.25, -0.2) is 0 Å². The average Bonchev–Trinajstić information content (AvgIpc) is 3.14. The first kappa shape index (κ1) is 26.4. The summed E-state index contributed by atoms with van der Waals surface area (Å²) in [7, 11) is 4.27. The molecule has 1 unspecified atom stereocenters. The standard InChI is InChI=1S/C27H35ClN4O4S/c1-14-7-22(37-6)20(26(34)30-14)11-29-25(33)19-10-21(28)24-23(15(19)2)35-27(3,36-24)16-8-17(9-16)32-12-18(13-32)31(4)5/h7,10,16-18H,8-9,11-13H2,1-6H3,(H,29,33)(H,30,34). The largest absolute Gasteiger partial charge is 0.448 e. The molecule has 8 nitrogen and oxygen atoms in total. The van der Waals surface area contributed by atoms with Crippen LogP contribution in [0.2, 0.25) is 5.02 Å². The molecule has 1 amide bonds. The number of hydrogen-bond acceptors (Lipinski definition) is 7. The number of halogens is 1. The summed E-state index contributed by atoms with van der Waals surface area (Å²) in [5.74, 6) is 0.144. The molecule has 10 heteroatoms. The summed E-state index contributed by atoms with van der Waals surface area (Å²) in [6.45, 7) is 7.98. The molecule has 1 aromatic carbocycles. The van der Waals surface area contributed by atoms with Crippen molar-refractivity contribution in [3.8, 4) is 11.5 Å². The number of aromatic amines is 1. The first-order valence-corrected chi connectivity index (χ1v) is 14.3. The summed E-state index contributed by atoms with van der Waals surface area (Å²) < 4.78 is 12.7. The van der Waals surface area contributed by atoms with E-state index in [4.69, 9.17) is 21.1 Å². The second-order valence-corrected chi connectivity index (χ2v) is 12.1. The Bertz CT molecular complexity index is 1290. The molecule has 3 aliphatic rings. The van der Waals surface area contributed by atoms with Crippen LogP contribution >= 0.6 is 23.4 Å². The molecular weight excluding hydrogens is 512 g/mol. The number of amides is 1. The van der Waals surface area contributed by atoms with Crippen molar-refractivity contribution >= 4 is 29.3 Å². The van der Waals surface area contributed by atoms with Gasteiger partial charge in [0.05, 0.1) is 5.02 Å². The Balaban J connectivity index is 1.26. The van der Waals surface area contributed by atoms with Crippen LogP contribution in [0.5, 0.6) is 11.5 Å². The first-order chi connectivity index (χ1) is 17.5. The van der Waals surface area contributed by atoms with Gasteiger partial charge in [-0.15, -0.1) is 11.8 Å². The molecule has 1 aliphatic carbocycles. The number of fused-ring (bicyclic) bond motifs is 1. The van der Waals surface area contributed by atoms with E-state index in [0.29, 0.717) is 45.3 Å². The number of likely N-dealkylation sites (tertiary alicyclic amines) is 1. The number of carbonyl (C=O) groups excluding carboxylic acids is 1. The molecule has 1 aromatic heterocycles. The Hall–Kier alpha value is -2.20. The summed E-state index contributed by atoms with van der Waals surface area (Å²) in [5.41, 5.74) is 2.20. The van der Waals surface area contributed by atoms with Gasteiger partial charge in [-0.2, -0.15) is 0 Å². The number of benzene rings is 1. The minimum absolute atomic E-state index is 0.114. The van der Waals surface area contributed by atoms with Gasteiger partial charge in [0.2, 0.25) is 0 Å². The van der Waals surface area contributed by atoms with Gasteiger partial charge in [-0.3, -0.25) is 14.5 Å². The monoisotopic (exact) mass is 546 g/mol. The van der Waals surface area contributed by atoms with Crippen LogP contribution < -0.4 is 20.3 Å². The highest BCUT2D eigenvalue weighted by Gasteiger charge is 2.53. The molecule has 1 atom stereocenters. The fourth-order valence-electron chi connectivity index (χ4n) is 5.47. The Labute approximate surface area is 227 Å². The summed E-state index contributed by atoms with van der Waals surface area (Å²) in [6.07, 6.45) is 3.93. The van der Waals surface area contributed by atoms with Crippen molar-refractivity contribution < 1.29 is 14.3 Å². The molecule has 2 N–H and O–H groups in total. The van der Waals surface area contributed by atoms with Gasteiger partial charge in [0, 0.05) is 71.8 Å². The van der Waals surface area contributed by atoms with Gasteiger partial charge in [0.1, 0.15) is 0 Å². The van der Waals surface area contributed by atoms with Crippen LogP contribution in [-0.4, -0.2) is 72.0 Å². The molecule has 2 aliphatic heterocycles. The number of aryl methyl sites for hydroxylation is 1. The predicted molar refractivity (Wildman–Crippen MR) is 146 cm³/mol. The van der Waals surface area contributed by atoms with E-state index >= 15 is 0 Å². The number of rotatable bonds is 7. The number of nitrogens with zero attached hydrogens (tertiary/aromatic N) is 2. The molecule has 200 valence electrons. The Morgan fingerprint density at radius 1 is 1.24 bits per heavy atom. The van der Waals surface area contributed by atoms with E-state index in [9.17, 15) is 9.59 Å². The zero-order valence-electron chi connectivity index (χ0n) is 22.2. The van der Waals surface area contributed by atoms with E-state index in [1.165, 1.54) is 11.8 Å². The minimum Gasteiger partial charge on any atom is -0.448 e. The number of ether oxygens (including phenoxy) is 2. The van der Waals surface area contributed by atoms with Crippen molar-refractivity contribution in [1.29, 1.82) is 0 Å². The lowest BCUT2D eigenvalue weighted by Gasteiger charge is -2.54. The first-order valence-electron chi connectivity index (χ1n) is 12.7. The van der Waals surface area contributed by atoms with E-state index in [-0.39, 0.29) is 23.9 Å². The van der Waals surface area contributed by atoms with Crippen molar-refractivity contribution in [3.05, 3.63) is 49.9 Å². The van der Waals surface area contributed by atoms with Crippen LogP contribution in [0.3, 0.4) is 0 Å². The van der Waals surface area contributed by atoms with Crippen LogP contribution in [0, 0.1) is 19.8 Å². The van der Waals surface area contributed by atoms with E-state index in [2.05, 4.69) is 34.2 Å². The normalized spacial score (nSPS) is 25.2. The molecule has 1 saturated heterocycles. The van der Waals surface area contributed by atoms with Gasteiger partial charge in [0.15, 0.2) is 11.5 Å². The summed E-state index contributed by atoms with van der Waals surface area (Å²) in [5, 5.41) is 3.23. The number of carbonyl (C=O) groups is 1. The van der Waals surface area contributed by atoms with Gasteiger partial charge in [-0.1, -0.05) is 11.6 Å². The number of pyridine rings is 1. The smallest absolute Gasteiger partial charge is 0.254 e. The number of H-pyrrole nitrogens is 1. The number of likely N-dealkylation sites (N-methyl/N-ethyl adjacent to an activating group) is 1. The van der Waals surface area contributed by atoms with Crippen molar-refractivity contribution in [2.75, 3.05) is 33.4 Å². The van der Waals surface area contributed by atoms with Crippen molar-refractivity contribution in [1.82, 2.24) is 20.1 Å². The van der Waals surface area contributed by atoms with Crippen molar-refractivity contribution in [3.63, 3.8) is 0 Å². The van der Waals surface area contributed by atoms with Crippen LogP contribution in [0.1, 0.15) is 46.9 Å². The van der Waals surface area contributed by atoms with Crippen LogP contribution in [0.25, 0.3) is 0 Å². The zero-order chi connectivity index (χ0) is 26.6. The van der Waals surface area contributed by atoms with Crippen LogP contribution in [0.15, 0.2) is 21.8 Å². The maximum absolute atomic E-state index is 13.2. The van der Waals surface area contributed by atoms with Crippen LogP contribution in [-0.2, 0) is 6.54 Å². The van der Waals surface area contributed by atoms with Gasteiger partial charge >= 0.3 is 0 Å². The molecule has 2 fully saturated rings. The summed E-state index contributed by atoms with van der Waals surface area (Å²) >= 11 is 8.07. The maximum atomic E-state index is 13.2. The highest BCUT2D eigenvalue weighted by molar-refractivity contribution is 7.98. The third-order valence-electron chi connectivity index (χ3n) is 8.16.